The predicted molar refractivity (Wildman–Crippen MR) is 105 cm³/mol. The Morgan fingerprint density at radius 1 is 0.962 bits per heavy atom. The van der Waals surface area contributed by atoms with E-state index in [0.717, 1.165) is 29.4 Å². The van der Waals surface area contributed by atoms with Gasteiger partial charge >= 0.3 is 0 Å². The molecule has 0 bridgehead atoms. The summed E-state index contributed by atoms with van der Waals surface area (Å²) in [5.41, 5.74) is 5.86. The number of nitrogens with zero attached hydrogens (tertiary/aromatic N) is 2. The summed E-state index contributed by atoms with van der Waals surface area (Å²) in [7, 11) is 0. The number of anilines is 1. The smallest absolute Gasteiger partial charge is 0.267 e. The number of hydrazine groups is 1. The molecule has 0 radical (unpaired) electrons. The van der Waals surface area contributed by atoms with Crippen molar-refractivity contribution >= 4 is 22.5 Å². The molecule has 1 fully saturated rings. The number of hydrogen-bond donors (Lipinski definition) is 1. The molecule has 1 aliphatic rings. The molecule has 1 heterocycles. The van der Waals surface area contributed by atoms with Crippen molar-refractivity contribution in [3.63, 3.8) is 0 Å². The number of carbonyl (C=O) groups excluding carboxylic acids is 1. The van der Waals surface area contributed by atoms with Gasteiger partial charge in [0.2, 0.25) is 0 Å². The SMILES string of the molecule is O=C(c1ccccc1)N(NC1CCCCC1)c1cnc2ccccc2c1. The standard InChI is InChI=1S/C22H23N3O/c26-22(17-9-3-1-4-10-17)25(24-19-12-5-2-6-13-19)20-15-18-11-7-8-14-21(18)23-16-20/h1,3-4,7-11,14-16,19,24H,2,5-6,12-13H2. The lowest BCUT2D eigenvalue weighted by atomic mass is 9.96. The van der Waals surface area contributed by atoms with E-state index in [4.69, 9.17) is 0 Å². The Bertz CT molecular complexity index is 888. The Kier molecular flexibility index (Phi) is 4.93. The summed E-state index contributed by atoms with van der Waals surface area (Å²) in [4.78, 5) is 17.7. The Morgan fingerprint density at radius 3 is 2.50 bits per heavy atom. The predicted octanol–water partition coefficient (Wildman–Crippen LogP) is 4.72. The summed E-state index contributed by atoms with van der Waals surface area (Å²) in [6, 6.07) is 19.7. The van der Waals surface area contributed by atoms with E-state index in [1.54, 1.807) is 11.2 Å². The molecule has 1 aromatic heterocycles. The fourth-order valence-electron chi connectivity index (χ4n) is 3.56. The van der Waals surface area contributed by atoms with Crippen LogP contribution in [0.3, 0.4) is 0 Å². The molecule has 0 saturated heterocycles. The van der Waals surface area contributed by atoms with Gasteiger partial charge in [0.25, 0.3) is 5.91 Å². The van der Waals surface area contributed by atoms with Crippen LogP contribution in [0.5, 0.6) is 0 Å². The monoisotopic (exact) mass is 345 g/mol. The number of aromatic nitrogens is 1. The van der Waals surface area contributed by atoms with Crippen molar-refractivity contribution in [3.05, 3.63) is 72.4 Å². The fourth-order valence-corrected chi connectivity index (χ4v) is 3.56. The number of rotatable bonds is 4. The normalized spacial score (nSPS) is 15.1. The number of amides is 1. The topological polar surface area (TPSA) is 45.2 Å². The van der Waals surface area contributed by atoms with Crippen LogP contribution in [0.15, 0.2) is 66.9 Å². The lowest BCUT2D eigenvalue weighted by Gasteiger charge is -2.31. The molecular weight excluding hydrogens is 322 g/mol. The van der Waals surface area contributed by atoms with Gasteiger partial charge in [-0.15, -0.1) is 0 Å². The number of pyridine rings is 1. The van der Waals surface area contributed by atoms with Crippen molar-refractivity contribution in [2.24, 2.45) is 0 Å². The Balaban J connectivity index is 1.69. The Labute approximate surface area is 153 Å². The van der Waals surface area contributed by atoms with Gasteiger partial charge in [0.1, 0.15) is 0 Å². The van der Waals surface area contributed by atoms with Crippen LogP contribution in [-0.4, -0.2) is 16.9 Å². The molecule has 4 rings (SSSR count). The maximum atomic E-state index is 13.2. The zero-order chi connectivity index (χ0) is 17.8. The van der Waals surface area contributed by atoms with Gasteiger partial charge in [0.15, 0.2) is 0 Å². The van der Waals surface area contributed by atoms with Gasteiger partial charge in [-0.3, -0.25) is 9.78 Å². The van der Waals surface area contributed by atoms with Crippen LogP contribution < -0.4 is 10.4 Å². The minimum absolute atomic E-state index is 0.0479. The van der Waals surface area contributed by atoms with E-state index in [0.29, 0.717) is 11.6 Å². The number of nitrogens with one attached hydrogen (secondary N) is 1. The van der Waals surface area contributed by atoms with Crippen molar-refractivity contribution in [3.8, 4) is 0 Å². The lowest BCUT2D eigenvalue weighted by Crippen LogP contribution is -2.49. The summed E-state index contributed by atoms with van der Waals surface area (Å²) in [5.74, 6) is -0.0479. The van der Waals surface area contributed by atoms with Crippen molar-refractivity contribution < 1.29 is 4.79 Å². The third kappa shape index (κ3) is 3.60. The van der Waals surface area contributed by atoms with Gasteiger partial charge in [0.05, 0.1) is 17.4 Å². The second-order valence-electron chi connectivity index (χ2n) is 6.86. The van der Waals surface area contributed by atoms with Gasteiger partial charge in [-0.25, -0.2) is 10.4 Å². The molecule has 1 N–H and O–H groups in total. The highest BCUT2D eigenvalue weighted by Gasteiger charge is 2.23. The van der Waals surface area contributed by atoms with Gasteiger partial charge in [-0.2, -0.15) is 0 Å². The average molecular weight is 345 g/mol. The van der Waals surface area contributed by atoms with Gasteiger partial charge < -0.3 is 0 Å². The largest absolute Gasteiger partial charge is 0.272 e. The molecular formula is C22H23N3O. The number of fused-ring (bicyclic) bond motifs is 1. The highest BCUT2D eigenvalue weighted by Crippen LogP contribution is 2.23. The van der Waals surface area contributed by atoms with Crippen LogP contribution in [0.1, 0.15) is 42.5 Å². The molecule has 1 amide bonds. The summed E-state index contributed by atoms with van der Waals surface area (Å²) < 4.78 is 0. The first-order valence-electron chi connectivity index (χ1n) is 9.32. The molecule has 2 aromatic carbocycles. The van der Waals surface area contributed by atoms with Crippen LogP contribution in [-0.2, 0) is 0 Å². The molecule has 0 aliphatic heterocycles. The number of benzene rings is 2. The summed E-state index contributed by atoms with van der Waals surface area (Å²) >= 11 is 0. The molecule has 0 spiro atoms. The number of para-hydroxylation sites is 1. The molecule has 4 heteroatoms. The quantitative estimate of drug-likeness (QED) is 0.696. The first-order chi connectivity index (χ1) is 12.8. The van der Waals surface area contributed by atoms with Crippen LogP contribution in [0.2, 0.25) is 0 Å². The zero-order valence-corrected chi connectivity index (χ0v) is 14.8. The van der Waals surface area contributed by atoms with Gasteiger partial charge in [0, 0.05) is 17.0 Å². The second kappa shape index (κ2) is 7.67. The van der Waals surface area contributed by atoms with Crippen molar-refractivity contribution in [2.75, 3.05) is 5.01 Å². The number of hydrogen-bond acceptors (Lipinski definition) is 3. The van der Waals surface area contributed by atoms with Gasteiger partial charge in [-0.05, 0) is 37.1 Å². The Morgan fingerprint density at radius 2 is 1.69 bits per heavy atom. The minimum Gasteiger partial charge on any atom is -0.267 e. The molecule has 0 unspecified atom stereocenters. The molecule has 26 heavy (non-hydrogen) atoms. The summed E-state index contributed by atoms with van der Waals surface area (Å²) in [6.45, 7) is 0. The second-order valence-corrected chi connectivity index (χ2v) is 6.86. The first kappa shape index (κ1) is 16.7. The maximum absolute atomic E-state index is 13.2. The third-order valence-corrected chi connectivity index (χ3v) is 4.97. The number of carbonyl (C=O) groups is 1. The Hall–Kier alpha value is -2.72. The zero-order valence-electron chi connectivity index (χ0n) is 14.8. The van der Waals surface area contributed by atoms with Crippen LogP contribution in [0.4, 0.5) is 5.69 Å². The van der Waals surface area contributed by atoms with Crippen molar-refractivity contribution in [1.82, 2.24) is 10.4 Å². The van der Waals surface area contributed by atoms with Crippen molar-refractivity contribution in [2.45, 2.75) is 38.1 Å². The third-order valence-electron chi connectivity index (χ3n) is 4.97. The van der Waals surface area contributed by atoms with E-state index in [-0.39, 0.29) is 5.91 Å². The first-order valence-corrected chi connectivity index (χ1v) is 9.32. The van der Waals surface area contributed by atoms with Gasteiger partial charge in [-0.1, -0.05) is 55.7 Å². The molecule has 1 saturated carbocycles. The highest BCUT2D eigenvalue weighted by atomic mass is 16.2. The average Bonchev–Trinajstić information content (AvgIpc) is 2.72. The molecule has 1 aliphatic carbocycles. The van der Waals surface area contributed by atoms with E-state index in [1.807, 2.05) is 60.7 Å². The highest BCUT2D eigenvalue weighted by molar-refractivity contribution is 6.06. The van der Waals surface area contributed by atoms with Crippen LogP contribution in [0.25, 0.3) is 10.9 Å². The molecule has 0 atom stereocenters. The van der Waals surface area contributed by atoms with Crippen LogP contribution in [0, 0.1) is 0 Å². The van der Waals surface area contributed by atoms with E-state index in [2.05, 4.69) is 10.4 Å². The molecule has 4 nitrogen and oxygen atoms in total. The molecule has 3 aromatic rings. The minimum atomic E-state index is -0.0479. The summed E-state index contributed by atoms with van der Waals surface area (Å²) in [6.07, 6.45) is 7.67. The van der Waals surface area contributed by atoms with E-state index >= 15 is 0 Å². The van der Waals surface area contributed by atoms with E-state index in [9.17, 15) is 4.79 Å². The van der Waals surface area contributed by atoms with Crippen molar-refractivity contribution in [1.29, 1.82) is 0 Å². The summed E-state index contributed by atoms with van der Waals surface area (Å²) in [5, 5.41) is 2.71. The maximum Gasteiger partial charge on any atom is 0.272 e. The van der Waals surface area contributed by atoms with E-state index in [1.165, 1.54) is 19.3 Å². The lowest BCUT2D eigenvalue weighted by molar-refractivity contribution is 0.0965. The van der Waals surface area contributed by atoms with Crippen LogP contribution >= 0.6 is 0 Å². The van der Waals surface area contributed by atoms with E-state index < -0.39 is 0 Å². The fraction of sp³-hybridized carbons (Fsp3) is 0.273. The molecule has 132 valence electrons.